The molecule has 1 saturated heterocycles. The Bertz CT molecular complexity index is 650. The molecule has 6 heteroatoms. The van der Waals surface area contributed by atoms with Crippen molar-refractivity contribution in [3.8, 4) is 0 Å². The molecule has 0 spiro atoms. The first kappa shape index (κ1) is 16.2. The maximum Gasteiger partial charge on any atom is 0.277 e. The number of benzene rings is 1. The fourth-order valence-corrected chi connectivity index (χ4v) is 2.52. The van der Waals surface area contributed by atoms with Crippen LogP contribution in [-0.2, 0) is 14.4 Å². The predicted molar refractivity (Wildman–Crippen MR) is 83.7 cm³/mol. The topological polar surface area (TPSA) is 66.5 Å². The molecule has 0 aromatic heterocycles. The molecule has 1 heterocycles. The SMILES string of the molecule is CC(=O)N1C(=O)/C(=C\c2ccc(Cl)cc2)NC(=O)[C@@H]1C(C)C. The molecule has 0 saturated carbocycles. The van der Waals surface area contributed by atoms with Crippen molar-refractivity contribution in [3.63, 3.8) is 0 Å². The Kier molecular flexibility index (Phi) is 4.66. The number of piperazine rings is 1. The van der Waals surface area contributed by atoms with Gasteiger partial charge in [0.25, 0.3) is 5.91 Å². The van der Waals surface area contributed by atoms with Gasteiger partial charge in [-0.1, -0.05) is 37.6 Å². The van der Waals surface area contributed by atoms with Gasteiger partial charge in [-0.3, -0.25) is 19.3 Å². The molecule has 5 nitrogen and oxygen atoms in total. The highest BCUT2D eigenvalue weighted by molar-refractivity contribution is 6.30. The monoisotopic (exact) mass is 320 g/mol. The number of carbonyl (C=O) groups is 3. The molecular weight excluding hydrogens is 304 g/mol. The lowest BCUT2D eigenvalue weighted by molar-refractivity contribution is -0.153. The summed E-state index contributed by atoms with van der Waals surface area (Å²) in [6.45, 7) is 4.87. The Morgan fingerprint density at radius 3 is 2.36 bits per heavy atom. The molecule has 22 heavy (non-hydrogen) atoms. The molecule has 1 aliphatic rings. The van der Waals surface area contributed by atoms with Gasteiger partial charge in [-0.15, -0.1) is 0 Å². The number of hydrogen-bond acceptors (Lipinski definition) is 3. The Balaban J connectivity index is 2.39. The molecule has 0 aliphatic carbocycles. The van der Waals surface area contributed by atoms with E-state index in [0.717, 1.165) is 4.90 Å². The van der Waals surface area contributed by atoms with Gasteiger partial charge in [0.15, 0.2) is 0 Å². The second-order valence-corrected chi connectivity index (χ2v) is 5.92. The molecule has 1 aromatic rings. The van der Waals surface area contributed by atoms with Crippen LogP contribution in [-0.4, -0.2) is 28.7 Å². The van der Waals surface area contributed by atoms with Gasteiger partial charge in [0.05, 0.1) is 0 Å². The van der Waals surface area contributed by atoms with Crippen LogP contribution in [0.4, 0.5) is 0 Å². The molecule has 1 atom stereocenters. The summed E-state index contributed by atoms with van der Waals surface area (Å²) in [4.78, 5) is 37.5. The standard InChI is InChI=1S/C16H17ClN2O3/c1-9(2)14-15(21)18-13(16(22)19(14)10(3)20)8-11-4-6-12(17)7-5-11/h4-9,14H,1-3H3,(H,18,21)/b13-8+/t14-/m0/s1. The molecule has 0 bridgehead atoms. The number of hydrogen-bond donors (Lipinski definition) is 1. The molecule has 1 aliphatic heterocycles. The van der Waals surface area contributed by atoms with Crippen molar-refractivity contribution in [2.45, 2.75) is 26.8 Å². The van der Waals surface area contributed by atoms with Gasteiger partial charge in [0.1, 0.15) is 11.7 Å². The van der Waals surface area contributed by atoms with Crippen molar-refractivity contribution in [2.24, 2.45) is 5.92 Å². The first-order chi connectivity index (χ1) is 10.3. The number of nitrogens with zero attached hydrogens (tertiary/aromatic N) is 1. The third kappa shape index (κ3) is 3.20. The molecule has 0 radical (unpaired) electrons. The van der Waals surface area contributed by atoms with Crippen molar-refractivity contribution in [3.05, 3.63) is 40.5 Å². The van der Waals surface area contributed by atoms with Crippen molar-refractivity contribution in [1.82, 2.24) is 10.2 Å². The minimum atomic E-state index is -0.785. The lowest BCUT2D eigenvalue weighted by Gasteiger charge is -2.35. The predicted octanol–water partition coefficient (Wildman–Crippen LogP) is 2.21. The summed E-state index contributed by atoms with van der Waals surface area (Å²) in [5.41, 5.74) is 0.791. The number of halogens is 1. The molecule has 2 rings (SSSR count). The van der Waals surface area contributed by atoms with Crippen LogP contribution in [0.2, 0.25) is 5.02 Å². The third-order valence-electron chi connectivity index (χ3n) is 3.41. The highest BCUT2D eigenvalue weighted by atomic mass is 35.5. The van der Waals surface area contributed by atoms with E-state index in [2.05, 4.69) is 5.32 Å². The Hall–Kier alpha value is -2.14. The second-order valence-electron chi connectivity index (χ2n) is 5.48. The minimum absolute atomic E-state index is 0.0828. The summed E-state index contributed by atoms with van der Waals surface area (Å²) in [7, 11) is 0. The summed E-state index contributed by atoms with van der Waals surface area (Å²) in [6.07, 6.45) is 1.53. The number of amides is 3. The lowest BCUT2D eigenvalue weighted by atomic mass is 9.98. The van der Waals surface area contributed by atoms with Crippen LogP contribution >= 0.6 is 11.6 Å². The van der Waals surface area contributed by atoms with Gasteiger partial charge in [0, 0.05) is 11.9 Å². The summed E-state index contributed by atoms with van der Waals surface area (Å²) in [5, 5.41) is 3.17. The van der Waals surface area contributed by atoms with Crippen molar-refractivity contribution in [1.29, 1.82) is 0 Å². The van der Waals surface area contributed by atoms with Crippen LogP contribution in [0, 0.1) is 5.92 Å². The van der Waals surface area contributed by atoms with Crippen LogP contribution in [0.25, 0.3) is 6.08 Å². The van der Waals surface area contributed by atoms with Gasteiger partial charge in [-0.2, -0.15) is 0 Å². The van der Waals surface area contributed by atoms with Crippen LogP contribution in [0.5, 0.6) is 0 Å². The first-order valence-corrected chi connectivity index (χ1v) is 7.31. The summed E-state index contributed by atoms with van der Waals surface area (Å²) in [5.74, 6) is -1.46. The maximum absolute atomic E-state index is 12.5. The zero-order chi connectivity index (χ0) is 16.4. The van der Waals surface area contributed by atoms with E-state index in [9.17, 15) is 14.4 Å². The molecule has 3 amide bonds. The Labute approximate surface area is 133 Å². The van der Waals surface area contributed by atoms with E-state index in [1.54, 1.807) is 38.1 Å². The van der Waals surface area contributed by atoms with Gasteiger partial charge in [-0.05, 0) is 29.7 Å². The van der Waals surface area contributed by atoms with E-state index in [1.807, 2.05) is 0 Å². The van der Waals surface area contributed by atoms with E-state index in [1.165, 1.54) is 13.0 Å². The first-order valence-electron chi connectivity index (χ1n) is 6.93. The molecular formula is C16H17ClN2O3. The van der Waals surface area contributed by atoms with Crippen molar-refractivity contribution >= 4 is 35.4 Å². The summed E-state index contributed by atoms with van der Waals surface area (Å²) in [6, 6.07) is 6.03. The minimum Gasteiger partial charge on any atom is -0.320 e. The largest absolute Gasteiger partial charge is 0.320 e. The smallest absolute Gasteiger partial charge is 0.277 e. The molecule has 0 unspecified atom stereocenters. The molecule has 1 fully saturated rings. The molecule has 1 N–H and O–H groups in total. The average molecular weight is 321 g/mol. The van der Waals surface area contributed by atoms with E-state index in [-0.39, 0.29) is 17.5 Å². The lowest BCUT2D eigenvalue weighted by Crippen LogP contribution is -2.60. The molecule has 1 aromatic carbocycles. The highest BCUT2D eigenvalue weighted by Gasteiger charge is 2.41. The van der Waals surface area contributed by atoms with E-state index < -0.39 is 17.9 Å². The fourth-order valence-electron chi connectivity index (χ4n) is 2.40. The van der Waals surface area contributed by atoms with Gasteiger partial charge in [-0.25, -0.2) is 0 Å². The zero-order valence-corrected chi connectivity index (χ0v) is 13.3. The van der Waals surface area contributed by atoms with E-state index >= 15 is 0 Å². The summed E-state index contributed by atoms with van der Waals surface area (Å²) < 4.78 is 0. The highest BCUT2D eigenvalue weighted by Crippen LogP contribution is 2.21. The molecule has 116 valence electrons. The second kappa shape index (κ2) is 6.32. The van der Waals surface area contributed by atoms with Crippen molar-refractivity contribution < 1.29 is 14.4 Å². The van der Waals surface area contributed by atoms with Crippen LogP contribution in [0.15, 0.2) is 30.0 Å². The fraction of sp³-hybridized carbons (Fsp3) is 0.312. The maximum atomic E-state index is 12.5. The van der Waals surface area contributed by atoms with Gasteiger partial charge >= 0.3 is 0 Å². The van der Waals surface area contributed by atoms with Crippen LogP contribution in [0.3, 0.4) is 0 Å². The summed E-state index contributed by atoms with van der Waals surface area (Å²) >= 11 is 5.81. The Morgan fingerprint density at radius 2 is 1.86 bits per heavy atom. The Morgan fingerprint density at radius 1 is 1.27 bits per heavy atom. The van der Waals surface area contributed by atoms with E-state index in [0.29, 0.717) is 10.6 Å². The number of carbonyl (C=O) groups excluding carboxylic acids is 3. The number of nitrogens with one attached hydrogen (secondary N) is 1. The zero-order valence-electron chi connectivity index (χ0n) is 12.6. The van der Waals surface area contributed by atoms with Gasteiger partial charge < -0.3 is 5.32 Å². The quantitative estimate of drug-likeness (QED) is 0.850. The van der Waals surface area contributed by atoms with Gasteiger partial charge in [0.2, 0.25) is 11.8 Å². The van der Waals surface area contributed by atoms with Crippen LogP contribution < -0.4 is 5.32 Å². The average Bonchev–Trinajstić information content (AvgIpc) is 2.43. The number of rotatable bonds is 2. The number of imide groups is 1. The van der Waals surface area contributed by atoms with Crippen molar-refractivity contribution in [2.75, 3.05) is 0 Å². The van der Waals surface area contributed by atoms with Crippen LogP contribution in [0.1, 0.15) is 26.3 Å². The van der Waals surface area contributed by atoms with E-state index in [4.69, 9.17) is 11.6 Å². The third-order valence-corrected chi connectivity index (χ3v) is 3.66. The normalized spacial score (nSPS) is 20.5.